The van der Waals surface area contributed by atoms with Crippen LogP contribution in [0.3, 0.4) is 0 Å². The van der Waals surface area contributed by atoms with Gasteiger partial charge in [0.05, 0.1) is 11.8 Å². The lowest BCUT2D eigenvalue weighted by Gasteiger charge is -2.07. The second kappa shape index (κ2) is 5.38. The molecule has 0 atom stereocenters. The van der Waals surface area contributed by atoms with Crippen LogP contribution in [0.1, 0.15) is 40.4 Å². The second-order valence-corrected chi connectivity index (χ2v) is 6.76. The summed E-state index contributed by atoms with van der Waals surface area (Å²) in [5.74, 6) is 1.01. The minimum atomic E-state index is -0.0526. The van der Waals surface area contributed by atoms with Crippen molar-refractivity contribution in [3.05, 3.63) is 63.8 Å². The Labute approximate surface area is 136 Å². The zero-order valence-corrected chi connectivity index (χ0v) is 13.2. The smallest absolute Gasteiger partial charge is 0.198 e. The molecule has 0 N–H and O–H groups in total. The summed E-state index contributed by atoms with van der Waals surface area (Å²) < 4.78 is 5.29. The summed E-state index contributed by atoms with van der Waals surface area (Å²) >= 11 is 7.70. The SMILES string of the molecule is O=C(c1ccc(Cl)cc1-c1cccs1)c1cnoc1C1CC1. The Morgan fingerprint density at radius 1 is 1.27 bits per heavy atom. The second-order valence-electron chi connectivity index (χ2n) is 5.37. The minimum Gasteiger partial charge on any atom is -0.360 e. The Morgan fingerprint density at radius 3 is 2.86 bits per heavy atom. The number of rotatable bonds is 4. The number of thiophene rings is 1. The van der Waals surface area contributed by atoms with E-state index in [0.717, 1.165) is 29.0 Å². The molecule has 3 nitrogen and oxygen atoms in total. The highest BCUT2D eigenvalue weighted by molar-refractivity contribution is 7.13. The Kier molecular flexibility index (Phi) is 3.36. The molecule has 2 heterocycles. The van der Waals surface area contributed by atoms with Gasteiger partial charge in [-0.3, -0.25) is 4.79 Å². The van der Waals surface area contributed by atoms with Crippen LogP contribution in [0.15, 0.2) is 46.4 Å². The van der Waals surface area contributed by atoms with E-state index in [2.05, 4.69) is 5.16 Å². The molecule has 0 bridgehead atoms. The van der Waals surface area contributed by atoms with Crippen molar-refractivity contribution in [3.8, 4) is 10.4 Å². The topological polar surface area (TPSA) is 43.1 Å². The molecule has 0 aliphatic heterocycles. The molecule has 0 amide bonds. The quantitative estimate of drug-likeness (QED) is 0.620. The van der Waals surface area contributed by atoms with Crippen LogP contribution in [-0.4, -0.2) is 10.9 Å². The van der Waals surface area contributed by atoms with E-state index in [9.17, 15) is 4.79 Å². The van der Waals surface area contributed by atoms with Gasteiger partial charge in [0.1, 0.15) is 0 Å². The molecule has 0 spiro atoms. The number of hydrogen-bond acceptors (Lipinski definition) is 4. The molecule has 110 valence electrons. The van der Waals surface area contributed by atoms with Gasteiger partial charge >= 0.3 is 0 Å². The number of aromatic nitrogens is 1. The maximum atomic E-state index is 12.9. The van der Waals surface area contributed by atoms with Crippen molar-refractivity contribution in [2.45, 2.75) is 18.8 Å². The third-order valence-electron chi connectivity index (χ3n) is 3.80. The highest BCUT2D eigenvalue weighted by Crippen LogP contribution is 2.42. The van der Waals surface area contributed by atoms with E-state index >= 15 is 0 Å². The lowest BCUT2D eigenvalue weighted by molar-refractivity contribution is 0.103. The number of hydrogen-bond donors (Lipinski definition) is 0. The van der Waals surface area contributed by atoms with Crippen molar-refractivity contribution in [2.24, 2.45) is 0 Å². The fraction of sp³-hybridized carbons (Fsp3) is 0.176. The molecule has 1 fully saturated rings. The average Bonchev–Trinajstić information content (AvgIpc) is 3.05. The molecule has 5 heteroatoms. The van der Waals surface area contributed by atoms with Gasteiger partial charge in [-0.15, -0.1) is 11.3 Å². The van der Waals surface area contributed by atoms with Crippen molar-refractivity contribution in [3.63, 3.8) is 0 Å². The van der Waals surface area contributed by atoms with E-state index in [1.807, 2.05) is 23.6 Å². The summed E-state index contributed by atoms with van der Waals surface area (Å²) in [6.07, 6.45) is 3.66. The highest BCUT2D eigenvalue weighted by Gasteiger charge is 2.33. The van der Waals surface area contributed by atoms with Crippen LogP contribution in [0.5, 0.6) is 0 Å². The lowest BCUT2D eigenvalue weighted by atomic mass is 9.97. The molecule has 0 unspecified atom stereocenters. The summed E-state index contributed by atoms with van der Waals surface area (Å²) in [7, 11) is 0. The van der Waals surface area contributed by atoms with Gasteiger partial charge in [0.2, 0.25) is 0 Å². The Hall–Kier alpha value is -1.91. The monoisotopic (exact) mass is 329 g/mol. The number of carbonyl (C=O) groups is 1. The molecule has 4 rings (SSSR count). The molecule has 0 radical (unpaired) electrons. The predicted molar refractivity (Wildman–Crippen MR) is 86.7 cm³/mol. The standard InChI is InChI=1S/C17H12ClNO2S/c18-11-5-6-12(13(8-11)15-2-1-7-22-15)16(20)14-9-19-21-17(14)10-3-4-10/h1-2,5-10H,3-4H2. The van der Waals surface area contributed by atoms with Crippen LogP contribution < -0.4 is 0 Å². The lowest BCUT2D eigenvalue weighted by Crippen LogP contribution is -2.04. The van der Waals surface area contributed by atoms with E-state index < -0.39 is 0 Å². The number of benzene rings is 1. The third kappa shape index (κ3) is 2.38. The number of ketones is 1. The third-order valence-corrected chi connectivity index (χ3v) is 4.94. The van der Waals surface area contributed by atoms with Crippen molar-refractivity contribution < 1.29 is 9.32 Å². The van der Waals surface area contributed by atoms with Gasteiger partial charge in [-0.2, -0.15) is 0 Å². The number of halogens is 1. The fourth-order valence-corrected chi connectivity index (χ4v) is 3.48. The van der Waals surface area contributed by atoms with Gasteiger partial charge in [0, 0.05) is 26.9 Å². The molecular weight excluding hydrogens is 318 g/mol. The zero-order valence-electron chi connectivity index (χ0n) is 11.6. The van der Waals surface area contributed by atoms with Gasteiger partial charge in [0.25, 0.3) is 0 Å². The summed E-state index contributed by atoms with van der Waals surface area (Å²) in [5, 5.41) is 6.42. The number of carbonyl (C=O) groups excluding carboxylic acids is 1. The summed E-state index contributed by atoms with van der Waals surface area (Å²) in [6, 6.07) is 9.32. The highest BCUT2D eigenvalue weighted by atomic mass is 35.5. The van der Waals surface area contributed by atoms with Crippen LogP contribution in [0.2, 0.25) is 5.02 Å². The molecular formula is C17H12ClNO2S. The first-order chi connectivity index (χ1) is 10.7. The largest absolute Gasteiger partial charge is 0.360 e. The first-order valence-electron chi connectivity index (χ1n) is 7.07. The first kappa shape index (κ1) is 13.7. The van der Waals surface area contributed by atoms with Crippen molar-refractivity contribution in [2.75, 3.05) is 0 Å². The van der Waals surface area contributed by atoms with E-state index in [-0.39, 0.29) is 5.78 Å². The van der Waals surface area contributed by atoms with E-state index in [1.165, 1.54) is 6.20 Å². The Bertz CT molecular complexity index is 834. The van der Waals surface area contributed by atoms with Gasteiger partial charge in [-0.1, -0.05) is 22.8 Å². The van der Waals surface area contributed by atoms with Crippen LogP contribution in [0, 0.1) is 0 Å². The van der Waals surface area contributed by atoms with Crippen molar-refractivity contribution >= 4 is 28.7 Å². The van der Waals surface area contributed by atoms with Crippen LogP contribution in [-0.2, 0) is 0 Å². The van der Waals surface area contributed by atoms with Crippen molar-refractivity contribution in [1.82, 2.24) is 5.16 Å². The Morgan fingerprint density at radius 2 is 2.14 bits per heavy atom. The normalized spacial score (nSPS) is 14.2. The minimum absolute atomic E-state index is 0.0526. The van der Waals surface area contributed by atoms with E-state index in [0.29, 0.717) is 22.1 Å². The predicted octanol–water partition coefficient (Wildman–Crippen LogP) is 5.16. The summed E-state index contributed by atoms with van der Waals surface area (Å²) in [4.78, 5) is 14.0. The molecule has 1 aliphatic carbocycles. The molecule has 3 aromatic rings. The maximum Gasteiger partial charge on any atom is 0.198 e. The first-order valence-corrected chi connectivity index (χ1v) is 8.32. The van der Waals surface area contributed by atoms with Gasteiger partial charge in [-0.05, 0) is 42.5 Å². The van der Waals surface area contributed by atoms with Crippen LogP contribution in [0.25, 0.3) is 10.4 Å². The molecule has 0 saturated heterocycles. The van der Waals surface area contributed by atoms with Gasteiger partial charge in [0.15, 0.2) is 11.5 Å². The van der Waals surface area contributed by atoms with Crippen LogP contribution >= 0.6 is 22.9 Å². The van der Waals surface area contributed by atoms with Crippen molar-refractivity contribution in [1.29, 1.82) is 0 Å². The Balaban J connectivity index is 1.82. The molecule has 1 aliphatic rings. The van der Waals surface area contributed by atoms with E-state index in [1.54, 1.807) is 23.5 Å². The summed E-state index contributed by atoms with van der Waals surface area (Å²) in [5.41, 5.74) is 2.06. The molecule has 1 aromatic carbocycles. The fourth-order valence-electron chi connectivity index (χ4n) is 2.55. The van der Waals surface area contributed by atoms with Gasteiger partial charge < -0.3 is 4.52 Å². The zero-order chi connectivity index (χ0) is 15.1. The number of nitrogens with zero attached hydrogens (tertiary/aromatic N) is 1. The average molecular weight is 330 g/mol. The van der Waals surface area contributed by atoms with Crippen LogP contribution in [0.4, 0.5) is 0 Å². The summed E-state index contributed by atoms with van der Waals surface area (Å²) in [6.45, 7) is 0. The maximum absolute atomic E-state index is 12.9. The van der Waals surface area contributed by atoms with Gasteiger partial charge in [-0.25, -0.2) is 0 Å². The van der Waals surface area contributed by atoms with E-state index in [4.69, 9.17) is 16.1 Å². The molecule has 22 heavy (non-hydrogen) atoms. The molecule has 2 aromatic heterocycles. The molecule has 1 saturated carbocycles.